The van der Waals surface area contributed by atoms with Gasteiger partial charge in [-0.3, -0.25) is 9.13 Å². The summed E-state index contributed by atoms with van der Waals surface area (Å²) >= 11 is 0. The van der Waals surface area contributed by atoms with Gasteiger partial charge in [0.25, 0.3) is 0 Å². The van der Waals surface area contributed by atoms with Crippen molar-refractivity contribution in [1.82, 2.24) is 23.9 Å². The van der Waals surface area contributed by atoms with Crippen LogP contribution in [0.4, 0.5) is 19.4 Å². The molecular formula is C31H34F2N6O4. The van der Waals surface area contributed by atoms with Crippen molar-refractivity contribution < 1.29 is 23.0 Å². The van der Waals surface area contributed by atoms with Crippen molar-refractivity contribution in [2.75, 3.05) is 27.2 Å². The number of ether oxygens (including phenoxy) is 2. The van der Waals surface area contributed by atoms with Gasteiger partial charge < -0.3 is 19.3 Å². The minimum atomic E-state index is -0.828. The Morgan fingerprint density at radius 3 is 2.44 bits per heavy atom. The number of hydrogen-bond donors (Lipinski definition) is 0. The predicted molar refractivity (Wildman–Crippen MR) is 160 cm³/mol. The summed E-state index contributed by atoms with van der Waals surface area (Å²) in [6.45, 7) is 6.28. The van der Waals surface area contributed by atoms with Gasteiger partial charge in [-0.05, 0) is 76.1 Å². The van der Waals surface area contributed by atoms with Gasteiger partial charge in [-0.15, -0.1) is 0 Å². The number of aromatic nitrogens is 3. The molecule has 1 fully saturated rings. The van der Waals surface area contributed by atoms with Gasteiger partial charge in [0.2, 0.25) is 0 Å². The van der Waals surface area contributed by atoms with E-state index in [1.54, 1.807) is 45.1 Å². The first-order valence-electron chi connectivity index (χ1n) is 14.0. The first-order valence-corrected chi connectivity index (χ1v) is 14.0. The molecule has 2 aromatic heterocycles. The molecule has 0 bridgehead atoms. The highest BCUT2D eigenvalue weighted by molar-refractivity contribution is 5.88. The maximum absolute atomic E-state index is 14.2. The number of fused-ring (bicyclic) bond motifs is 1. The average molecular weight is 593 g/mol. The molecule has 2 aromatic carbocycles. The number of benzene rings is 2. The third kappa shape index (κ3) is 6.37. The van der Waals surface area contributed by atoms with Crippen molar-refractivity contribution in [2.24, 2.45) is 4.99 Å². The minimum absolute atomic E-state index is 0.189. The number of amides is 1. The molecule has 12 heteroatoms. The summed E-state index contributed by atoms with van der Waals surface area (Å²) in [5, 5.41) is 0. The van der Waals surface area contributed by atoms with Gasteiger partial charge in [0, 0.05) is 33.4 Å². The zero-order chi connectivity index (χ0) is 30.9. The molecule has 1 aliphatic heterocycles. The second-order valence-corrected chi connectivity index (χ2v) is 11.6. The average Bonchev–Trinajstić information content (AvgIpc) is 3.25. The zero-order valence-electron chi connectivity index (χ0n) is 24.8. The molecule has 0 aliphatic carbocycles. The largest absolute Gasteiger partial charge is 0.451 e. The van der Waals surface area contributed by atoms with Crippen LogP contribution in [0.15, 0.2) is 64.5 Å². The molecule has 0 unspecified atom stereocenters. The molecule has 3 heterocycles. The van der Waals surface area contributed by atoms with E-state index in [9.17, 15) is 18.4 Å². The molecule has 43 heavy (non-hydrogen) atoms. The normalized spacial score (nSPS) is 15.7. The Morgan fingerprint density at radius 1 is 1.09 bits per heavy atom. The number of pyridine rings is 1. The topological polar surface area (TPSA) is 94.2 Å². The molecule has 1 saturated heterocycles. The van der Waals surface area contributed by atoms with E-state index in [-0.39, 0.29) is 17.5 Å². The summed E-state index contributed by atoms with van der Waals surface area (Å²) in [7, 11) is 3.65. The van der Waals surface area contributed by atoms with E-state index in [1.165, 1.54) is 22.8 Å². The second-order valence-electron chi connectivity index (χ2n) is 11.6. The van der Waals surface area contributed by atoms with E-state index in [4.69, 9.17) is 9.47 Å². The molecule has 0 saturated carbocycles. The fourth-order valence-corrected chi connectivity index (χ4v) is 5.02. The molecule has 5 rings (SSSR count). The van der Waals surface area contributed by atoms with E-state index in [1.807, 2.05) is 34.9 Å². The molecule has 4 aromatic rings. The first kappa shape index (κ1) is 29.7. The summed E-state index contributed by atoms with van der Waals surface area (Å²) < 4.78 is 42.6. The number of nitrogens with zero attached hydrogens (tertiary/aromatic N) is 6. The monoisotopic (exact) mass is 592 g/mol. The number of aliphatic imine (C=N–C) groups is 1. The van der Waals surface area contributed by atoms with Crippen molar-refractivity contribution >= 4 is 29.3 Å². The van der Waals surface area contributed by atoms with Crippen LogP contribution in [0.25, 0.3) is 16.7 Å². The lowest BCUT2D eigenvalue weighted by Crippen LogP contribution is -2.45. The van der Waals surface area contributed by atoms with Gasteiger partial charge in [-0.1, -0.05) is 6.07 Å². The van der Waals surface area contributed by atoms with Crippen LogP contribution in [0.1, 0.15) is 39.7 Å². The Labute approximate surface area is 247 Å². The lowest BCUT2D eigenvalue weighted by molar-refractivity contribution is 0.0173. The lowest BCUT2D eigenvalue weighted by atomic mass is 10.1. The van der Waals surface area contributed by atoms with E-state index >= 15 is 0 Å². The maximum Gasteiger partial charge on any atom is 0.410 e. The third-order valence-electron chi connectivity index (χ3n) is 6.82. The van der Waals surface area contributed by atoms with Gasteiger partial charge in [0.05, 0.1) is 23.6 Å². The first-order chi connectivity index (χ1) is 20.4. The number of halogens is 2. The van der Waals surface area contributed by atoms with E-state index in [0.29, 0.717) is 48.5 Å². The Kier molecular flexibility index (Phi) is 8.21. The fourth-order valence-electron chi connectivity index (χ4n) is 5.02. The Hall–Kier alpha value is -4.74. The molecule has 0 N–H and O–H groups in total. The number of hydrogen-bond acceptors (Lipinski definition) is 6. The van der Waals surface area contributed by atoms with E-state index < -0.39 is 29.1 Å². The van der Waals surface area contributed by atoms with Crippen LogP contribution >= 0.6 is 0 Å². The van der Waals surface area contributed by atoms with Crippen LogP contribution in [0.2, 0.25) is 0 Å². The molecule has 1 amide bonds. The smallest absolute Gasteiger partial charge is 0.410 e. The summed E-state index contributed by atoms with van der Waals surface area (Å²) in [5.41, 5.74) is 0.582. The highest BCUT2D eigenvalue weighted by atomic mass is 19.1. The van der Waals surface area contributed by atoms with Crippen molar-refractivity contribution in [3.8, 4) is 17.2 Å². The van der Waals surface area contributed by atoms with E-state index in [2.05, 4.69) is 9.98 Å². The molecule has 0 spiro atoms. The summed E-state index contributed by atoms with van der Waals surface area (Å²) in [6, 6.07) is 11.2. The fraction of sp³-hybridized carbons (Fsp3) is 0.355. The van der Waals surface area contributed by atoms with Crippen LogP contribution in [-0.4, -0.2) is 69.1 Å². The lowest BCUT2D eigenvalue weighted by Gasteiger charge is -2.34. The van der Waals surface area contributed by atoms with Crippen molar-refractivity contribution in [1.29, 1.82) is 0 Å². The Balaban J connectivity index is 1.58. The number of carbonyl (C=O) groups excluding carboxylic acids is 1. The number of rotatable bonds is 6. The molecule has 1 atom stereocenters. The van der Waals surface area contributed by atoms with Crippen molar-refractivity contribution in [2.45, 2.75) is 45.3 Å². The van der Waals surface area contributed by atoms with Crippen LogP contribution < -0.4 is 10.4 Å². The highest BCUT2D eigenvalue weighted by Crippen LogP contribution is 2.32. The van der Waals surface area contributed by atoms with Gasteiger partial charge >= 0.3 is 11.8 Å². The Morgan fingerprint density at radius 2 is 1.79 bits per heavy atom. The van der Waals surface area contributed by atoms with Crippen LogP contribution in [0.5, 0.6) is 11.5 Å². The quantitative estimate of drug-likeness (QED) is 0.200. The Bertz CT molecular complexity index is 1700. The predicted octanol–water partition coefficient (Wildman–Crippen LogP) is 6.05. The van der Waals surface area contributed by atoms with Gasteiger partial charge in [-0.2, -0.15) is 0 Å². The number of piperidine rings is 1. The van der Waals surface area contributed by atoms with Gasteiger partial charge in [0.1, 0.15) is 16.9 Å². The maximum atomic E-state index is 14.2. The van der Waals surface area contributed by atoms with Crippen LogP contribution in [0, 0.1) is 11.6 Å². The number of imidazole rings is 1. The van der Waals surface area contributed by atoms with Crippen molar-refractivity contribution in [3.63, 3.8) is 0 Å². The number of carbonyl (C=O) groups is 1. The minimum Gasteiger partial charge on any atom is -0.451 e. The molecule has 0 radical (unpaired) electrons. The summed E-state index contributed by atoms with van der Waals surface area (Å²) in [6.07, 6.45) is 4.14. The molecular weight excluding hydrogens is 558 g/mol. The molecule has 1 aliphatic rings. The molecule has 226 valence electrons. The van der Waals surface area contributed by atoms with Crippen LogP contribution in [-0.2, 0) is 4.74 Å². The second kappa shape index (κ2) is 11.9. The number of para-hydroxylation sites is 1. The third-order valence-corrected chi connectivity index (χ3v) is 6.82. The standard InChI is InChI=1S/C31H34F2N6O4/c1-31(2,3)43-30(41)37-17-7-8-21(18-37)38-25-15-16-34-28(35-19-36(4)5)26(25)39(29(38)40)20-11-13-22(14-12-20)42-27-23(32)9-6-10-24(27)33/h6,9-16,19,21H,7-8,17-18H2,1-5H3/t21-/m1/s1. The van der Waals surface area contributed by atoms with Gasteiger partial charge in [-0.25, -0.2) is 28.3 Å². The summed E-state index contributed by atoms with van der Waals surface area (Å²) in [5.74, 6) is -1.65. The van der Waals surface area contributed by atoms with Gasteiger partial charge in [0.15, 0.2) is 23.2 Å². The highest BCUT2D eigenvalue weighted by Gasteiger charge is 2.31. The SMILES string of the molecule is CN(C)C=Nc1nccc2c1n(-c1ccc(Oc3c(F)cccc3F)cc1)c(=O)n2[C@@H]1CCCN(C(=O)OC(C)(C)C)C1. The summed E-state index contributed by atoms with van der Waals surface area (Å²) in [4.78, 5) is 39.5. The molecule has 10 nitrogen and oxygen atoms in total. The van der Waals surface area contributed by atoms with E-state index in [0.717, 1.165) is 12.1 Å². The zero-order valence-corrected chi connectivity index (χ0v) is 24.8. The van der Waals surface area contributed by atoms with Crippen LogP contribution in [0.3, 0.4) is 0 Å². The van der Waals surface area contributed by atoms with Crippen molar-refractivity contribution in [3.05, 3.63) is 76.8 Å². The number of likely N-dealkylation sites (tertiary alicyclic amines) is 1.